The van der Waals surface area contributed by atoms with Gasteiger partial charge in [-0.05, 0) is 22.3 Å². The standard InChI is InChI=1S/C12H8.CH2O2.2ClH/c1-2-6-10-9(5-1)11-7-3-4-8-12(10)11;2-1-3;;/h1-8H;1H,(H,2,3);2*1H. The Kier molecular flexibility index (Phi) is 6.33. The summed E-state index contributed by atoms with van der Waals surface area (Å²) in [7, 11) is 0. The van der Waals surface area contributed by atoms with Crippen molar-refractivity contribution >= 4 is 31.3 Å². The van der Waals surface area contributed by atoms with Crippen LogP contribution < -0.4 is 0 Å². The summed E-state index contributed by atoms with van der Waals surface area (Å²) in [6.45, 7) is -0.250. The molecule has 2 aromatic rings. The molecule has 0 unspecified atom stereocenters. The Hall–Kier alpha value is -1.51. The van der Waals surface area contributed by atoms with Crippen molar-refractivity contribution in [1.29, 1.82) is 0 Å². The maximum Gasteiger partial charge on any atom is 0.290 e. The number of carboxylic acid groups (broad SMARTS) is 1. The second-order valence-electron chi connectivity index (χ2n) is 3.20. The van der Waals surface area contributed by atoms with E-state index in [0.29, 0.717) is 0 Å². The van der Waals surface area contributed by atoms with E-state index in [2.05, 4.69) is 48.5 Å². The van der Waals surface area contributed by atoms with Crippen molar-refractivity contribution in [2.45, 2.75) is 0 Å². The minimum Gasteiger partial charge on any atom is -0.483 e. The molecule has 2 aromatic carbocycles. The molecule has 0 amide bonds. The van der Waals surface area contributed by atoms with Gasteiger partial charge < -0.3 is 5.11 Å². The summed E-state index contributed by atoms with van der Waals surface area (Å²) >= 11 is 0. The molecule has 0 spiro atoms. The van der Waals surface area contributed by atoms with Gasteiger partial charge in [-0.15, -0.1) is 24.8 Å². The van der Waals surface area contributed by atoms with E-state index in [1.165, 1.54) is 22.3 Å². The zero-order valence-electron chi connectivity index (χ0n) is 8.87. The first-order valence-corrected chi connectivity index (χ1v) is 4.65. The molecule has 1 aliphatic rings. The van der Waals surface area contributed by atoms with E-state index in [1.54, 1.807) is 0 Å². The molecule has 17 heavy (non-hydrogen) atoms. The van der Waals surface area contributed by atoms with Crippen molar-refractivity contribution in [3.63, 3.8) is 0 Å². The van der Waals surface area contributed by atoms with Crippen LogP contribution in [0, 0.1) is 0 Å². The molecule has 0 saturated carbocycles. The molecular weight excluding hydrogens is 259 g/mol. The van der Waals surface area contributed by atoms with Crippen LogP contribution in [0.1, 0.15) is 0 Å². The lowest BCUT2D eigenvalue weighted by molar-refractivity contribution is -0.122. The first-order valence-electron chi connectivity index (χ1n) is 4.65. The first-order chi connectivity index (χ1) is 7.38. The molecule has 0 fully saturated rings. The number of benzene rings is 2. The summed E-state index contributed by atoms with van der Waals surface area (Å²) in [6.07, 6.45) is 0. The van der Waals surface area contributed by atoms with Gasteiger partial charge in [-0.3, -0.25) is 4.79 Å². The summed E-state index contributed by atoms with van der Waals surface area (Å²) in [5, 5.41) is 6.89. The van der Waals surface area contributed by atoms with Gasteiger partial charge in [0.25, 0.3) is 6.47 Å². The summed E-state index contributed by atoms with van der Waals surface area (Å²) < 4.78 is 0. The van der Waals surface area contributed by atoms with Crippen LogP contribution in [0.5, 0.6) is 0 Å². The highest BCUT2D eigenvalue weighted by Crippen LogP contribution is 2.46. The molecule has 0 radical (unpaired) electrons. The molecule has 0 aliphatic heterocycles. The SMILES string of the molecule is Cl.Cl.O=CO.c1ccc2c(c1)-c1ccccc1-2. The van der Waals surface area contributed by atoms with Crippen LogP contribution >= 0.6 is 24.8 Å². The fourth-order valence-corrected chi connectivity index (χ4v) is 1.84. The van der Waals surface area contributed by atoms with Gasteiger partial charge in [0, 0.05) is 0 Å². The summed E-state index contributed by atoms with van der Waals surface area (Å²) in [5.74, 6) is 0. The average molecular weight is 271 g/mol. The lowest BCUT2D eigenvalue weighted by Crippen LogP contribution is -1.96. The van der Waals surface area contributed by atoms with E-state index < -0.39 is 0 Å². The van der Waals surface area contributed by atoms with Crippen LogP contribution in [0.2, 0.25) is 0 Å². The monoisotopic (exact) mass is 270 g/mol. The zero-order chi connectivity index (χ0) is 10.7. The largest absolute Gasteiger partial charge is 0.483 e. The number of carbonyl (C=O) groups is 1. The molecule has 90 valence electrons. The predicted octanol–water partition coefficient (Wildman–Crippen LogP) is 3.88. The normalized spacial score (nSPS) is 8.71. The van der Waals surface area contributed by atoms with Crippen molar-refractivity contribution in [3.05, 3.63) is 48.5 Å². The molecule has 4 heteroatoms. The lowest BCUT2D eigenvalue weighted by atomic mass is 9.81. The van der Waals surface area contributed by atoms with Crippen molar-refractivity contribution in [3.8, 4) is 22.3 Å². The topological polar surface area (TPSA) is 37.3 Å². The molecular formula is C13H12Cl2O2. The van der Waals surface area contributed by atoms with E-state index in [9.17, 15) is 0 Å². The van der Waals surface area contributed by atoms with Crippen LogP contribution in [0.4, 0.5) is 0 Å². The lowest BCUT2D eigenvalue weighted by Gasteiger charge is -2.22. The number of hydrogen-bond acceptors (Lipinski definition) is 1. The molecule has 1 aliphatic carbocycles. The van der Waals surface area contributed by atoms with Gasteiger partial charge in [0.1, 0.15) is 0 Å². The summed E-state index contributed by atoms with van der Waals surface area (Å²) in [4.78, 5) is 8.36. The van der Waals surface area contributed by atoms with Crippen LogP contribution in [-0.2, 0) is 4.79 Å². The van der Waals surface area contributed by atoms with E-state index >= 15 is 0 Å². The third-order valence-electron chi connectivity index (χ3n) is 2.43. The van der Waals surface area contributed by atoms with Gasteiger partial charge in [0.2, 0.25) is 0 Å². The van der Waals surface area contributed by atoms with Gasteiger partial charge in [-0.1, -0.05) is 48.5 Å². The highest BCUT2D eigenvalue weighted by atomic mass is 35.5. The summed E-state index contributed by atoms with van der Waals surface area (Å²) in [6, 6.07) is 17.1. The number of hydrogen-bond donors (Lipinski definition) is 1. The molecule has 0 aromatic heterocycles. The third kappa shape index (κ3) is 2.78. The molecule has 1 N–H and O–H groups in total. The average Bonchev–Trinajstić information content (AvgIpc) is 2.27. The van der Waals surface area contributed by atoms with Crippen LogP contribution in [0.15, 0.2) is 48.5 Å². The number of fused-ring (bicyclic) bond motifs is 4. The molecule has 0 saturated heterocycles. The molecule has 3 rings (SSSR count). The van der Waals surface area contributed by atoms with Crippen LogP contribution in [0.3, 0.4) is 0 Å². The second-order valence-corrected chi connectivity index (χ2v) is 3.20. The Balaban J connectivity index is 0.000000471. The van der Waals surface area contributed by atoms with Gasteiger partial charge in [0.15, 0.2) is 0 Å². The van der Waals surface area contributed by atoms with Crippen molar-refractivity contribution in [2.75, 3.05) is 0 Å². The minimum atomic E-state index is -0.250. The molecule has 2 nitrogen and oxygen atoms in total. The summed E-state index contributed by atoms with van der Waals surface area (Å²) in [5.41, 5.74) is 5.59. The van der Waals surface area contributed by atoms with E-state index in [0.717, 1.165) is 0 Å². The van der Waals surface area contributed by atoms with Crippen molar-refractivity contribution in [1.82, 2.24) is 0 Å². The number of halogens is 2. The maximum absolute atomic E-state index is 8.36. The van der Waals surface area contributed by atoms with Crippen molar-refractivity contribution in [2.24, 2.45) is 0 Å². The van der Waals surface area contributed by atoms with Crippen molar-refractivity contribution < 1.29 is 9.90 Å². The zero-order valence-corrected chi connectivity index (χ0v) is 10.5. The highest BCUT2D eigenvalue weighted by Gasteiger charge is 2.19. The fraction of sp³-hybridized carbons (Fsp3) is 0. The smallest absolute Gasteiger partial charge is 0.290 e. The van der Waals surface area contributed by atoms with Gasteiger partial charge in [-0.25, -0.2) is 0 Å². The Morgan fingerprint density at radius 1 is 0.706 bits per heavy atom. The second kappa shape index (κ2) is 6.94. The third-order valence-corrected chi connectivity index (χ3v) is 2.43. The highest BCUT2D eigenvalue weighted by molar-refractivity contribution is 6.02. The van der Waals surface area contributed by atoms with Crippen LogP contribution in [0.25, 0.3) is 22.3 Å². The Labute approximate surface area is 112 Å². The molecule has 0 heterocycles. The molecule has 0 atom stereocenters. The van der Waals surface area contributed by atoms with E-state index in [1.807, 2.05) is 0 Å². The van der Waals surface area contributed by atoms with Gasteiger partial charge >= 0.3 is 0 Å². The van der Waals surface area contributed by atoms with Crippen LogP contribution in [-0.4, -0.2) is 11.6 Å². The molecule has 0 bridgehead atoms. The fourth-order valence-electron chi connectivity index (χ4n) is 1.84. The Bertz CT molecular complexity index is 398. The Morgan fingerprint density at radius 3 is 1.06 bits per heavy atom. The quantitative estimate of drug-likeness (QED) is 0.630. The number of rotatable bonds is 0. The van der Waals surface area contributed by atoms with Gasteiger partial charge in [0.05, 0.1) is 0 Å². The first kappa shape index (κ1) is 15.5. The maximum atomic E-state index is 8.36. The predicted molar refractivity (Wildman–Crippen MR) is 74.1 cm³/mol. The minimum absolute atomic E-state index is 0. The van der Waals surface area contributed by atoms with E-state index in [-0.39, 0.29) is 31.3 Å². The van der Waals surface area contributed by atoms with Gasteiger partial charge in [-0.2, -0.15) is 0 Å². The Morgan fingerprint density at radius 2 is 0.882 bits per heavy atom. The van der Waals surface area contributed by atoms with E-state index in [4.69, 9.17) is 9.90 Å².